The van der Waals surface area contributed by atoms with E-state index in [0.29, 0.717) is 0 Å². The third-order valence-electron chi connectivity index (χ3n) is 4.03. The van der Waals surface area contributed by atoms with Gasteiger partial charge in [-0.15, -0.1) is 0 Å². The molecule has 1 aromatic heterocycles. The zero-order valence-electron chi connectivity index (χ0n) is 12.7. The Morgan fingerprint density at radius 1 is 1.38 bits per heavy atom. The van der Waals surface area contributed by atoms with E-state index in [-0.39, 0.29) is 30.4 Å². The fourth-order valence-electron chi connectivity index (χ4n) is 2.52. The molecule has 1 aliphatic rings. The minimum absolute atomic E-state index is 0.0118. The summed E-state index contributed by atoms with van der Waals surface area (Å²) in [7, 11) is 0. The molecular weight excluding hydrogens is 268 g/mol. The summed E-state index contributed by atoms with van der Waals surface area (Å²) >= 11 is 0. The largest absolute Gasteiger partial charge is 0.394 e. The Morgan fingerprint density at radius 3 is 2.52 bits per heavy atom. The molecule has 0 spiro atoms. The van der Waals surface area contributed by atoms with E-state index in [1.54, 1.807) is 18.5 Å². The van der Waals surface area contributed by atoms with Crippen LogP contribution in [-0.2, 0) is 4.79 Å². The van der Waals surface area contributed by atoms with Crippen molar-refractivity contribution < 1.29 is 9.90 Å². The lowest BCUT2D eigenvalue weighted by molar-refractivity contribution is -0.127. The van der Waals surface area contributed by atoms with Gasteiger partial charge in [-0.05, 0) is 24.8 Å². The summed E-state index contributed by atoms with van der Waals surface area (Å²) < 4.78 is 0. The Kier molecular flexibility index (Phi) is 5.50. The van der Waals surface area contributed by atoms with Gasteiger partial charge in [-0.25, -0.2) is 9.97 Å². The van der Waals surface area contributed by atoms with Crippen molar-refractivity contribution in [1.29, 1.82) is 0 Å². The molecule has 1 aliphatic heterocycles. The number of carbonyl (C=O) groups excluding carboxylic acids is 1. The number of aliphatic hydroxyl groups excluding tert-OH is 1. The van der Waals surface area contributed by atoms with E-state index >= 15 is 0 Å². The fraction of sp³-hybridized carbons (Fsp3) is 0.667. The average Bonchev–Trinajstić information content (AvgIpc) is 2.53. The van der Waals surface area contributed by atoms with Gasteiger partial charge >= 0.3 is 0 Å². The number of nitrogens with one attached hydrogen (secondary N) is 1. The van der Waals surface area contributed by atoms with Crippen molar-refractivity contribution in [3.63, 3.8) is 0 Å². The molecule has 0 radical (unpaired) electrons. The average molecular weight is 292 g/mol. The topological polar surface area (TPSA) is 78.4 Å². The highest BCUT2D eigenvalue weighted by Crippen LogP contribution is 2.20. The molecular formula is C15H24N4O2. The van der Waals surface area contributed by atoms with Crippen LogP contribution in [0.2, 0.25) is 0 Å². The van der Waals surface area contributed by atoms with Gasteiger partial charge in [0.2, 0.25) is 11.9 Å². The fourth-order valence-corrected chi connectivity index (χ4v) is 2.52. The molecule has 0 saturated carbocycles. The summed E-state index contributed by atoms with van der Waals surface area (Å²) in [6.07, 6.45) is 5.05. The highest BCUT2D eigenvalue weighted by atomic mass is 16.3. The third-order valence-corrected chi connectivity index (χ3v) is 4.03. The van der Waals surface area contributed by atoms with Crippen LogP contribution in [0.1, 0.15) is 26.7 Å². The number of aromatic nitrogens is 2. The highest BCUT2D eigenvalue weighted by molar-refractivity contribution is 5.79. The molecule has 6 heteroatoms. The van der Waals surface area contributed by atoms with Gasteiger partial charge in [-0.3, -0.25) is 4.79 Å². The molecule has 1 fully saturated rings. The first-order valence-electron chi connectivity index (χ1n) is 7.55. The predicted octanol–water partition coefficient (Wildman–Crippen LogP) is 0.826. The van der Waals surface area contributed by atoms with E-state index in [9.17, 15) is 9.90 Å². The van der Waals surface area contributed by atoms with Crippen molar-refractivity contribution in [2.45, 2.75) is 32.7 Å². The van der Waals surface area contributed by atoms with E-state index in [2.05, 4.69) is 20.2 Å². The Hall–Kier alpha value is -1.69. The van der Waals surface area contributed by atoms with E-state index < -0.39 is 0 Å². The molecule has 0 aromatic carbocycles. The summed E-state index contributed by atoms with van der Waals surface area (Å²) in [5.74, 6) is 1.03. The van der Waals surface area contributed by atoms with Gasteiger partial charge in [0.25, 0.3) is 0 Å². The Balaban J connectivity index is 1.85. The summed E-state index contributed by atoms with van der Waals surface area (Å²) in [5, 5.41) is 12.2. The smallest absolute Gasteiger partial charge is 0.225 e. The quantitative estimate of drug-likeness (QED) is 0.840. The first-order valence-corrected chi connectivity index (χ1v) is 7.55. The molecule has 0 aliphatic carbocycles. The van der Waals surface area contributed by atoms with Crippen LogP contribution in [0.4, 0.5) is 5.95 Å². The number of aliphatic hydroxyl groups is 1. The van der Waals surface area contributed by atoms with Crippen molar-refractivity contribution in [3.8, 4) is 0 Å². The molecule has 1 aromatic rings. The molecule has 1 atom stereocenters. The van der Waals surface area contributed by atoms with Gasteiger partial charge in [-0.1, -0.05) is 13.8 Å². The maximum atomic E-state index is 12.2. The standard InChI is InChI=1S/C15H24N4O2/c1-11(2)13(10-20)18-14(21)12-4-8-19(9-5-12)15-16-6-3-7-17-15/h3,6-7,11-13,20H,4-5,8-10H2,1-2H3,(H,18,21). The number of amides is 1. The van der Waals surface area contributed by atoms with Gasteiger partial charge in [0, 0.05) is 31.4 Å². The zero-order valence-corrected chi connectivity index (χ0v) is 12.7. The summed E-state index contributed by atoms with van der Waals surface area (Å²) in [5.41, 5.74) is 0. The zero-order chi connectivity index (χ0) is 15.2. The van der Waals surface area contributed by atoms with Gasteiger partial charge in [0.1, 0.15) is 0 Å². The normalized spacial score (nSPS) is 17.8. The van der Waals surface area contributed by atoms with Crippen LogP contribution in [-0.4, -0.2) is 46.7 Å². The second-order valence-corrected chi connectivity index (χ2v) is 5.85. The molecule has 2 heterocycles. The van der Waals surface area contributed by atoms with Gasteiger partial charge in [-0.2, -0.15) is 0 Å². The van der Waals surface area contributed by atoms with Crippen molar-refractivity contribution >= 4 is 11.9 Å². The lowest BCUT2D eigenvalue weighted by atomic mass is 9.95. The second-order valence-electron chi connectivity index (χ2n) is 5.85. The number of hydrogen-bond acceptors (Lipinski definition) is 5. The highest BCUT2D eigenvalue weighted by Gasteiger charge is 2.27. The SMILES string of the molecule is CC(C)C(CO)NC(=O)C1CCN(c2ncccn2)CC1. The monoisotopic (exact) mass is 292 g/mol. The van der Waals surface area contributed by atoms with Crippen LogP contribution in [0, 0.1) is 11.8 Å². The summed E-state index contributed by atoms with van der Waals surface area (Å²) in [6.45, 7) is 5.55. The van der Waals surface area contributed by atoms with Crippen molar-refractivity contribution in [2.24, 2.45) is 11.8 Å². The first-order chi connectivity index (χ1) is 10.1. The van der Waals surface area contributed by atoms with Crippen molar-refractivity contribution in [2.75, 3.05) is 24.6 Å². The van der Waals surface area contributed by atoms with E-state index in [4.69, 9.17) is 0 Å². The van der Waals surface area contributed by atoms with Crippen LogP contribution >= 0.6 is 0 Å². The molecule has 1 unspecified atom stereocenters. The minimum atomic E-state index is -0.159. The van der Waals surface area contributed by atoms with Gasteiger partial charge < -0.3 is 15.3 Å². The number of rotatable bonds is 5. The second kappa shape index (κ2) is 7.36. The Labute approximate surface area is 125 Å². The van der Waals surface area contributed by atoms with Crippen molar-refractivity contribution in [3.05, 3.63) is 18.5 Å². The lowest BCUT2D eigenvalue weighted by Gasteiger charge is -2.32. The molecule has 2 rings (SSSR count). The molecule has 2 N–H and O–H groups in total. The van der Waals surface area contributed by atoms with Crippen LogP contribution < -0.4 is 10.2 Å². The van der Waals surface area contributed by atoms with Crippen molar-refractivity contribution in [1.82, 2.24) is 15.3 Å². The summed E-state index contributed by atoms with van der Waals surface area (Å²) in [6, 6.07) is 1.64. The predicted molar refractivity (Wildman–Crippen MR) is 80.8 cm³/mol. The molecule has 116 valence electrons. The minimum Gasteiger partial charge on any atom is -0.394 e. The molecule has 1 saturated heterocycles. The number of anilines is 1. The number of carbonyl (C=O) groups is 1. The van der Waals surface area contributed by atoms with Crippen LogP contribution in [0.25, 0.3) is 0 Å². The lowest BCUT2D eigenvalue weighted by Crippen LogP contribution is -2.47. The third kappa shape index (κ3) is 4.14. The number of hydrogen-bond donors (Lipinski definition) is 2. The molecule has 0 bridgehead atoms. The molecule has 1 amide bonds. The van der Waals surface area contributed by atoms with Crippen LogP contribution in [0.5, 0.6) is 0 Å². The maximum absolute atomic E-state index is 12.2. The Morgan fingerprint density at radius 2 is 2.00 bits per heavy atom. The van der Waals surface area contributed by atoms with Gasteiger partial charge in [0.15, 0.2) is 0 Å². The Bertz CT molecular complexity index is 444. The maximum Gasteiger partial charge on any atom is 0.225 e. The number of piperidine rings is 1. The van der Waals surface area contributed by atoms with Crippen LogP contribution in [0.3, 0.4) is 0 Å². The van der Waals surface area contributed by atoms with E-state index in [1.165, 1.54) is 0 Å². The van der Waals surface area contributed by atoms with Gasteiger partial charge in [0.05, 0.1) is 12.6 Å². The van der Waals surface area contributed by atoms with E-state index in [1.807, 2.05) is 13.8 Å². The van der Waals surface area contributed by atoms with Crippen LogP contribution in [0.15, 0.2) is 18.5 Å². The molecule has 6 nitrogen and oxygen atoms in total. The number of nitrogens with zero attached hydrogens (tertiary/aromatic N) is 3. The summed E-state index contributed by atoms with van der Waals surface area (Å²) in [4.78, 5) is 22.8. The first kappa shape index (κ1) is 15.7. The van der Waals surface area contributed by atoms with E-state index in [0.717, 1.165) is 31.9 Å². The molecule has 21 heavy (non-hydrogen) atoms.